The highest BCUT2D eigenvalue weighted by atomic mass is 127. The van der Waals surface area contributed by atoms with Crippen LogP contribution in [0, 0.1) is 3.57 Å². The van der Waals surface area contributed by atoms with E-state index in [2.05, 4.69) is 34.8 Å². The lowest BCUT2D eigenvalue weighted by atomic mass is 10.1. The number of aryl methyl sites for hydroxylation is 1. The smallest absolute Gasteiger partial charge is 0.0860 e. The van der Waals surface area contributed by atoms with Gasteiger partial charge in [-0.25, -0.2) is 0 Å². The quantitative estimate of drug-likeness (QED) is 0.790. The van der Waals surface area contributed by atoms with Gasteiger partial charge in [0, 0.05) is 31.9 Å². The van der Waals surface area contributed by atoms with Crippen LogP contribution >= 0.6 is 34.2 Å². The van der Waals surface area contributed by atoms with E-state index in [1.165, 1.54) is 23.4 Å². The molecule has 0 spiro atoms. The zero-order valence-electron chi connectivity index (χ0n) is 10.2. The summed E-state index contributed by atoms with van der Waals surface area (Å²) >= 11 is 8.51. The standard InChI is InChI=1S/C14H14ClIN2/c1-2-17-13-9-4-3-5-12(9)18-14-10(13)6-8(15)7-11(14)16/h6-7H,2-5H2,1H3,(H,17,18). The molecule has 1 aliphatic carbocycles. The summed E-state index contributed by atoms with van der Waals surface area (Å²) in [4.78, 5) is 4.83. The van der Waals surface area contributed by atoms with Gasteiger partial charge in [-0.1, -0.05) is 11.6 Å². The van der Waals surface area contributed by atoms with Crippen LogP contribution in [0.25, 0.3) is 10.9 Å². The SMILES string of the molecule is CCNc1c2c(nc3c(I)cc(Cl)cc13)CCC2. The van der Waals surface area contributed by atoms with E-state index in [0.29, 0.717) is 0 Å². The van der Waals surface area contributed by atoms with Gasteiger partial charge in [0.25, 0.3) is 0 Å². The predicted octanol–water partition coefficient (Wildman–Crippen LogP) is 4.41. The number of anilines is 1. The Morgan fingerprint density at radius 3 is 3.00 bits per heavy atom. The van der Waals surface area contributed by atoms with E-state index in [9.17, 15) is 0 Å². The molecule has 2 aromatic rings. The minimum absolute atomic E-state index is 0.783. The number of benzene rings is 1. The maximum absolute atomic E-state index is 6.19. The molecule has 0 unspecified atom stereocenters. The van der Waals surface area contributed by atoms with Crippen molar-refractivity contribution in [2.45, 2.75) is 26.2 Å². The Morgan fingerprint density at radius 1 is 1.39 bits per heavy atom. The van der Waals surface area contributed by atoms with Crippen molar-refractivity contribution in [1.82, 2.24) is 4.98 Å². The zero-order valence-corrected chi connectivity index (χ0v) is 13.1. The molecule has 0 fully saturated rings. The van der Waals surface area contributed by atoms with Crippen LogP contribution in [-0.2, 0) is 12.8 Å². The van der Waals surface area contributed by atoms with Crippen molar-refractivity contribution < 1.29 is 0 Å². The third kappa shape index (κ3) is 1.97. The molecule has 3 rings (SSSR count). The molecule has 0 radical (unpaired) electrons. The van der Waals surface area contributed by atoms with Crippen molar-refractivity contribution in [2.24, 2.45) is 0 Å². The monoisotopic (exact) mass is 372 g/mol. The summed E-state index contributed by atoms with van der Waals surface area (Å²) in [6.07, 6.45) is 3.44. The molecule has 0 saturated carbocycles. The first kappa shape index (κ1) is 12.5. The molecule has 94 valence electrons. The molecule has 2 nitrogen and oxygen atoms in total. The van der Waals surface area contributed by atoms with Crippen molar-refractivity contribution in [3.63, 3.8) is 0 Å². The molecule has 0 bridgehead atoms. The fraction of sp³-hybridized carbons (Fsp3) is 0.357. The minimum Gasteiger partial charge on any atom is -0.384 e. The average Bonchev–Trinajstić information content (AvgIpc) is 2.78. The molecular formula is C14H14ClIN2. The molecule has 0 atom stereocenters. The van der Waals surface area contributed by atoms with Gasteiger partial charge in [-0.2, -0.15) is 0 Å². The molecule has 1 aromatic carbocycles. The number of aromatic nitrogens is 1. The van der Waals surface area contributed by atoms with Crippen LogP contribution in [0.1, 0.15) is 24.6 Å². The molecular weight excluding hydrogens is 359 g/mol. The summed E-state index contributed by atoms with van der Waals surface area (Å²) in [6.45, 7) is 3.05. The predicted molar refractivity (Wildman–Crippen MR) is 85.7 cm³/mol. The molecule has 1 aliphatic rings. The van der Waals surface area contributed by atoms with E-state index < -0.39 is 0 Å². The first-order valence-electron chi connectivity index (χ1n) is 6.25. The molecule has 0 amide bonds. The number of fused-ring (bicyclic) bond motifs is 2. The Morgan fingerprint density at radius 2 is 2.22 bits per heavy atom. The lowest BCUT2D eigenvalue weighted by molar-refractivity contribution is 0.901. The number of rotatable bonds is 2. The number of pyridine rings is 1. The van der Waals surface area contributed by atoms with Crippen molar-refractivity contribution in [3.8, 4) is 0 Å². The van der Waals surface area contributed by atoms with E-state index in [1.807, 2.05) is 12.1 Å². The molecule has 0 aliphatic heterocycles. The molecule has 18 heavy (non-hydrogen) atoms. The van der Waals surface area contributed by atoms with Crippen LogP contribution in [-0.4, -0.2) is 11.5 Å². The summed E-state index contributed by atoms with van der Waals surface area (Å²) in [7, 11) is 0. The van der Waals surface area contributed by atoms with Gasteiger partial charge in [-0.3, -0.25) is 4.98 Å². The van der Waals surface area contributed by atoms with E-state index in [0.717, 1.165) is 38.9 Å². The number of hydrogen-bond donors (Lipinski definition) is 1. The van der Waals surface area contributed by atoms with Crippen molar-refractivity contribution in [3.05, 3.63) is 32.0 Å². The van der Waals surface area contributed by atoms with Crippen molar-refractivity contribution >= 4 is 50.8 Å². The van der Waals surface area contributed by atoms with Gasteiger partial charge in [0.1, 0.15) is 0 Å². The highest BCUT2D eigenvalue weighted by Crippen LogP contribution is 2.36. The Labute approximate surface area is 125 Å². The normalized spacial score (nSPS) is 13.9. The fourth-order valence-electron chi connectivity index (χ4n) is 2.67. The molecule has 1 aromatic heterocycles. The molecule has 0 saturated heterocycles. The van der Waals surface area contributed by atoms with Crippen LogP contribution in [0.15, 0.2) is 12.1 Å². The fourth-order valence-corrected chi connectivity index (χ4v) is 3.82. The Hall–Kier alpha value is -0.550. The topological polar surface area (TPSA) is 24.9 Å². The second kappa shape index (κ2) is 4.85. The first-order valence-corrected chi connectivity index (χ1v) is 7.70. The maximum atomic E-state index is 6.19. The largest absolute Gasteiger partial charge is 0.384 e. The lowest BCUT2D eigenvalue weighted by Gasteiger charge is -2.14. The van der Waals surface area contributed by atoms with Gasteiger partial charge >= 0.3 is 0 Å². The number of hydrogen-bond acceptors (Lipinski definition) is 2. The van der Waals surface area contributed by atoms with Gasteiger partial charge in [0.15, 0.2) is 0 Å². The second-order valence-electron chi connectivity index (χ2n) is 4.58. The zero-order chi connectivity index (χ0) is 12.7. The molecule has 1 N–H and O–H groups in total. The van der Waals surface area contributed by atoms with Crippen LogP contribution < -0.4 is 5.32 Å². The minimum atomic E-state index is 0.783. The van der Waals surface area contributed by atoms with E-state index in [4.69, 9.17) is 16.6 Å². The van der Waals surface area contributed by atoms with Crippen LogP contribution in [0.5, 0.6) is 0 Å². The molecule has 1 heterocycles. The third-order valence-corrected chi connectivity index (χ3v) is 4.43. The number of nitrogens with one attached hydrogen (secondary N) is 1. The third-order valence-electron chi connectivity index (χ3n) is 3.39. The van der Waals surface area contributed by atoms with Gasteiger partial charge in [-0.15, -0.1) is 0 Å². The van der Waals surface area contributed by atoms with E-state index in [1.54, 1.807) is 0 Å². The number of halogens is 2. The highest BCUT2D eigenvalue weighted by Gasteiger charge is 2.20. The lowest BCUT2D eigenvalue weighted by Crippen LogP contribution is -2.04. The van der Waals surface area contributed by atoms with Crippen molar-refractivity contribution in [1.29, 1.82) is 0 Å². The van der Waals surface area contributed by atoms with Crippen LogP contribution in [0.2, 0.25) is 5.02 Å². The summed E-state index contributed by atoms with van der Waals surface area (Å²) in [5.74, 6) is 0. The summed E-state index contributed by atoms with van der Waals surface area (Å²) in [5, 5.41) is 5.45. The Kier molecular flexibility index (Phi) is 3.36. The summed E-state index contributed by atoms with van der Waals surface area (Å²) in [6, 6.07) is 4.01. The average molecular weight is 373 g/mol. The maximum Gasteiger partial charge on any atom is 0.0860 e. The van der Waals surface area contributed by atoms with Crippen LogP contribution in [0.3, 0.4) is 0 Å². The van der Waals surface area contributed by atoms with Crippen LogP contribution in [0.4, 0.5) is 5.69 Å². The Balaban J connectivity index is 2.38. The highest BCUT2D eigenvalue weighted by molar-refractivity contribution is 14.1. The molecule has 4 heteroatoms. The van der Waals surface area contributed by atoms with Crippen molar-refractivity contribution in [2.75, 3.05) is 11.9 Å². The van der Waals surface area contributed by atoms with E-state index >= 15 is 0 Å². The van der Waals surface area contributed by atoms with Gasteiger partial charge in [0.2, 0.25) is 0 Å². The van der Waals surface area contributed by atoms with E-state index in [-0.39, 0.29) is 0 Å². The van der Waals surface area contributed by atoms with Gasteiger partial charge in [0.05, 0.1) is 5.52 Å². The Bertz CT molecular complexity index is 625. The van der Waals surface area contributed by atoms with Gasteiger partial charge in [-0.05, 0) is 66.5 Å². The summed E-state index contributed by atoms with van der Waals surface area (Å²) in [5.41, 5.74) is 4.98. The number of nitrogens with zero attached hydrogens (tertiary/aromatic N) is 1. The second-order valence-corrected chi connectivity index (χ2v) is 6.18. The van der Waals surface area contributed by atoms with Gasteiger partial charge < -0.3 is 5.32 Å². The summed E-state index contributed by atoms with van der Waals surface area (Å²) < 4.78 is 1.13. The first-order chi connectivity index (χ1) is 8.70.